The summed E-state index contributed by atoms with van der Waals surface area (Å²) in [6, 6.07) is 14.1. The van der Waals surface area contributed by atoms with Crippen LogP contribution in [0.1, 0.15) is 45.7 Å². The van der Waals surface area contributed by atoms with E-state index in [2.05, 4.69) is 46.8 Å². The van der Waals surface area contributed by atoms with E-state index in [-0.39, 0.29) is 10.8 Å². The third-order valence-electron chi connectivity index (χ3n) is 4.19. The lowest BCUT2D eigenvalue weighted by atomic mass is 9.84. The van der Waals surface area contributed by atoms with Gasteiger partial charge in [-0.2, -0.15) is 0 Å². The Morgan fingerprint density at radius 2 is 1.67 bits per heavy atom. The summed E-state index contributed by atoms with van der Waals surface area (Å²) < 4.78 is 11.6. The molecule has 0 aliphatic carbocycles. The van der Waals surface area contributed by atoms with E-state index in [9.17, 15) is 0 Å². The first-order valence-electron chi connectivity index (χ1n) is 8.21. The molecule has 2 aromatic rings. The molecule has 0 atom stereocenters. The summed E-state index contributed by atoms with van der Waals surface area (Å²) in [7, 11) is 1.67. The van der Waals surface area contributed by atoms with Crippen LogP contribution in [0.2, 0.25) is 5.02 Å². The maximum absolute atomic E-state index is 6.10. The second-order valence-electron chi connectivity index (χ2n) is 7.79. The molecule has 0 radical (unpaired) electrons. The van der Waals surface area contributed by atoms with Gasteiger partial charge in [0.25, 0.3) is 0 Å². The predicted octanol–water partition coefficient (Wildman–Crippen LogP) is 6.00. The number of rotatable bonds is 5. The fraction of sp³-hybridized carbons (Fsp3) is 0.429. The number of benzene rings is 2. The van der Waals surface area contributed by atoms with Crippen molar-refractivity contribution in [3.63, 3.8) is 0 Å². The average molecular weight is 347 g/mol. The van der Waals surface area contributed by atoms with E-state index < -0.39 is 0 Å². The number of hydrogen-bond donors (Lipinski definition) is 0. The molecule has 0 saturated carbocycles. The van der Waals surface area contributed by atoms with Gasteiger partial charge >= 0.3 is 0 Å². The highest BCUT2D eigenvalue weighted by Gasteiger charge is 2.26. The molecule has 0 amide bonds. The Bertz CT molecular complexity index is 699. The van der Waals surface area contributed by atoms with Crippen molar-refractivity contribution in [2.75, 3.05) is 13.7 Å². The number of methoxy groups -OCH3 is 1. The molecule has 0 aliphatic heterocycles. The zero-order valence-electron chi connectivity index (χ0n) is 15.4. The molecule has 0 aromatic heterocycles. The van der Waals surface area contributed by atoms with Gasteiger partial charge in [0, 0.05) is 16.0 Å². The zero-order chi connectivity index (χ0) is 18.0. The van der Waals surface area contributed by atoms with Crippen LogP contribution in [-0.4, -0.2) is 13.7 Å². The Morgan fingerprint density at radius 1 is 0.958 bits per heavy atom. The minimum Gasteiger partial charge on any atom is -0.496 e. The maximum Gasteiger partial charge on any atom is 0.124 e. The highest BCUT2D eigenvalue weighted by Crippen LogP contribution is 2.34. The average Bonchev–Trinajstić information content (AvgIpc) is 2.52. The van der Waals surface area contributed by atoms with Gasteiger partial charge in [0.05, 0.1) is 13.7 Å². The molecular weight excluding hydrogens is 320 g/mol. The molecule has 2 rings (SSSR count). The molecule has 0 N–H and O–H groups in total. The lowest BCUT2D eigenvalue weighted by molar-refractivity contribution is 0.236. The highest BCUT2D eigenvalue weighted by atomic mass is 35.5. The molecule has 130 valence electrons. The van der Waals surface area contributed by atoms with Crippen molar-refractivity contribution in [1.29, 1.82) is 0 Å². The van der Waals surface area contributed by atoms with Gasteiger partial charge in [0.1, 0.15) is 11.5 Å². The molecule has 0 bridgehead atoms. The standard InChI is InChI=1S/C21H27ClO2/c1-20(2,3)15-8-7-9-17(12-15)24-14-21(4,5)18-11-10-16(22)13-19(18)23-6/h7-13H,14H2,1-6H3. The van der Waals surface area contributed by atoms with Crippen LogP contribution in [0.3, 0.4) is 0 Å². The van der Waals surface area contributed by atoms with E-state index in [1.807, 2.05) is 30.3 Å². The molecule has 0 fully saturated rings. The van der Waals surface area contributed by atoms with Crippen LogP contribution in [0.4, 0.5) is 0 Å². The number of hydrogen-bond acceptors (Lipinski definition) is 2. The van der Waals surface area contributed by atoms with E-state index in [1.165, 1.54) is 5.56 Å². The normalized spacial score (nSPS) is 12.1. The zero-order valence-corrected chi connectivity index (χ0v) is 16.2. The molecule has 24 heavy (non-hydrogen) atoms. The predicted molar refractivity (Wildman–Crippen MR) is 102 cm³/mol. The Labute approximate surface area is 150 Å². The van der Waals surface area contributed by atoms with Crippen molar-refractivity contribution in [3.8, 4) is 11.5 Å². The molecule has 2 nitrogen and oxygen atoms in total. The first-order valence-corrected chi connectivity index (χ1v) is 8.59. The fourth-order valence-electron chi connectivity index (χ4n) is 2.62. The van der Waals surface area contributed by atoms with E-state index >= 15 is 0 Å². The molecule has 0 spiro atoms. The summed E-state index contributed by atoms with van der Waals surface area (Å²) in [6.07, 6.45) is 0. The largest absolute Gasteiger partial charge is 0.496 e. The molecular formula is C21H27ClO2. The van der Waals surface area contributed by atoms with E-state index in [0.29, 0.717) is 11.6 Å². The SMILES string of the molecule is COc1cc(Cl)ccc1C(C)(C)COc1cccc(C(C)(C)C)c1. The Morgan fingerprint density at radius 3 is 2.29 bits per heavy atom. The summed E-state index contributed by atoms with van der Waals surface area (Å²) in [5, 5.41) is 0.671. The molecule has 0 aliphatic rings. The van der Waals surface area contributed by atoms with Gasteiger partial charge in [-0.1, -0.05) is 64.4 Å². The number of ether oxygens (including phenoxy) is 2. The maximum atomic E-state index is 6.10. The topological polar surface area (TPSA) is 18.5 Å². The van der Waals surface area contributed by atoms with Crippen LogP contribution in [0.25, 0.3) is 0 Å². The van der Waals surface area contributed by atoms with Crippen molar-refractivity contribution in [2.45, 2.75) is 45.4 Å². The van der Waals surface area contributed by atoms with Gasteiger partial charge in [-0.05, 0) is 35.2 Å². The number of halogens is 1. The van der Waals surface area contributed by atoms with Crippen LogP contribution in [-0.2, 0) is 10.8 Å². The van der Waals surface area contributed by atoms with Crippen molar-refractivity contribution < 1.29 is 9.47 Å². The molecule has 0 saturated heterocycles. The van der Waals surface area contributed by atoms with E-state index in [4.69, 9.17) is 21.1 Å². The highest BCUT2D eigenvalue weighted by molar-refractivity contribution is 6.30. The van der Waals surface area contributed by atoms with Crippen molar-refractivity contribution in [1.82, 2.24) is 0 Å². The monoisotopic (exact) mass is 346 g/mol. The summed E-state index contributed by atoms with van der Waals surface area (Å²) in [5.41, 5.74) is 2.25. The van der Waals surface area contributed by atoms with Gasteiger partial charge < -0.3 is 9.47 Å². The quantitative estimate of drug-likeness (QED) is 0.660. The molecule has 0 unspecified atom stereocenters. The van der Waals surface area contributed by atoms with Crippen molar-refractivity contribution in [3.05, 3.63) is 58.6 Å². The Balaban J connectivity index is 2.19. The fourth-order valence-corrected chi connectivity index (χ4v) is 2.78. The van der Waals surface area contributed by atoms with Gasteiger partial charge in [-0.25, -0.2) is 0 Å². The third kappa shape index (κ3) is 4.45. The summed E-state index contributed by atoms with van der Waals surface area (Å²) in [5.74, 6) is 1.68. The third-order valence-corrected chi connectivity index (χ3v) is 4.43. The molecule has 3 heteroatoms. The first-order chi connectivity index (χ1) is 11.1. The smallest absolute Gasteiger partial charge is 0.124 e. The van der Waals surface area contributed by atoms with E-state index in [0.717, 1.165) is 17.1 Å². The van der Waals surface area contributed by atoms with Crippen LogP contribution >= 0.6 is 11.6 Å². The second kappa shape index (κ2) is 7.06. The lowest BCUT2D eigenvalue weighted by Crippen LogP contribution is -2.27. The minimum absolute atomic E-state index is 0.105. The van der Waals surface area contributed by atoms with Gasteiger partial charge in [-0.3, -0.25) is 0 Å². The Kier molecular flexibility index (Phi) is 5.49. The minimum atomic E-state index is -0.201. The summed E-state index contributed by atoms with van der Waals surface area (Å²) in [4.78, 5) is 0. The van der Waals surface area contributed by atoms with E-state index in [1.54, 1.807) is 7.11 Å². The van der Waals surface area contributed by atoms with Crippen molar-refractivity contribution in [2.24, 2.45) is 0 Å². The molecule has 0 heterocycles. The van der Waals surface area contributed by atoms with Crippen molar-refractivity contribution >= 4 is 11.6 Å². The second-order valence-corrected chi connectivity index (χ2v) is 8.23. The Hall–Kier alpha value is -1.67. The van der Waals surface area contributed by atoms with Crippen LogP contribution in [0.15, 0.2) is 42.5 Å². The van der Waals surface area contributed by atoms with Gasteiger partial charge in [0.2, 0.25) is 0 Å². The van der Waals surface area contributed by atoms with Crippen LogP contribution < -0.4 is 9.47 Å². The lowest BCUT2D eigenvalue weighted by Gasteiger charge is -2.28. The summed E-state index contributed by atoms with van der Waals surface area (Å²) in [6.45, 7) is 11.5. The summed E-state index contributed by atoms with van der Waals surface area (Å²) >= 11 is 6.07. The first kappa shape index (κ1) is 18.7. The van der Waals surface area contributed by atoms with Gasteiger partial charge in [0.15, 0.2) is 0 Å². The van der Waals surface area contributed by atoms with Gasteiger partial charge in [-0.15, -0.1) is 0 Å². The molecule has 2 aromatic carbocycles. The van der Waals surface area contributed by atoms with Crippen LogP contribution in [0, 0.1) is 0 Å². The van der Waals surface area contributed by atoms with Crippen LogP contribution in [0.5, 0.6) is 11.5 Å².